The van der Waals surface area contributed by atoms with Gasteiger partial charge in [-0.25, -0.2) is 0 Å². The summed E-state index contributed by atoms with van der Waals surface area (Å²) in [5, 5.41) is 3.49. The molecule has 0 aliphatic carbocycles. The molecule has 1 aromatic rings. The second kappa shape index (κ2) is 7.96. The molecule has 1 N–H and O–H groups in total. The first kappa shape index (κ1) is 17.2. The van der Waals surface area contributed by atoms with Crippen LogP contribution in [0.15, 0.2) is 24.3 Å². The molecule has 1 atom stereocenters. The molecule has 130 valence electrons. The van der Waals surface area contributed by atoms with E-state index < -0.39 is 0 Å². The molecule has 3 rings (SSSR count). The van der Waals surface area contributed by atoms with Crippen molar-refractivity contribution >= 4 is 29.1 Å². The van der Waals surface area contributed by atoms with Gasteiger partial charge in [0, 0.05) is 43.5 Å². The van der Waals surface area contributed by atoms with Crippen LogP contribution in [0, 0.1) is 0 Å². The number of anilines is 1. The standard InChI is InChI=1S/C17H22ClN3O3/c18-13-3-5-14(6-4-13)19-16(22)12-20-7-9-21(10-8-20)17(23)15-2-1-11-24-15/h3-6,15H,1-2,7-12H2,(H,19,22)/t15-/m1/s1. The molecule has 0 saturated carbocycles. The second-order valence-electron chi connectivity index (χ2n) is 6.16. The molecule has 1 aromatic carbocycles. The number of hydrogen-bond acceptors (Lipinski definition) is 4. The predicted octanol–water partition coefficient (Wildman–Crippen LogP) is 1.60. The van der Waals surface area contributed by atoms with Crippen LogP contribution < -0.4 is 5.32 Å². The van der Waals surface area contributed by atoms with Gasteiger partial charge in [-0.1, -0.05) is 11.6 Å². The van der Waals surface area contributed by atoms with Gasteiger partial charge in [-0.3, -0.25) is 14.5 Å². The number of piperazine rings is 1. The van der Waals surface area contributed by atoms with Crippen molar-refractivity contribution in [3.8, 4) is 0 Å². The summed E-state index contributed by atoms with van der Waals surface area (Å²) in [4.78, 5) is 28.3. The maximum Gasteiger partial charge on any atom is 0.251 e. The molecule has 2 aliphatic rings. The molecule has 0 bridgehead atoms. The maximum absolute atomic E-state index is 12.3. The normalized spacial score (nSPS) is 21.7. The van der Waals surface area contributed by atoms with Crippen molar-refractivity contribution in [1.29, 1.82) is 0 Å². The van der Waals surface area contributed by atoms with Crippen LogP contribution in [-0.2, 0) is 14.3 Å². The van der Waals surface area contributed by atoms with Crippen LogP contribution in [0.25, 0.3) is 0 Å². The third-order valence-electron chi connectivity index (χ3n) is 4.38. The highest BCUT2D eigenvalue weighted by atomic mass is 35.5. The molecule has 7 heteroatoms. The lowest BCUT2D eigenvalue weighted by molar-refractivity contribution is -0.142. The van der Waals surface area contributed by atoms with E-state index in [2.05, 4.69) is 10.2 Å². The summed E-state index contributed by atoms with van der Waals surface area (Å²) in [5.41, 5.74) is 0.733. The van der Waals surface area contributed by atoms with Gasteiger partial charge in [0.25, 0.3) is 5.91 Å². The van der Waals surface area contributed by atoms with Gasteiger partial charge in [0.2, 0.25) is 5.91 Å². The van der Waals surface area contributed by atoms with Crippen molar-refractivity contribution in [2.75, 3.05) is 44.6 Å². The fraction of sp³-hybridized carbons (Fsp3) is 0.529. The van der Waals surface area contributed by atoms with Gasteiger partial charge >= 0.3 is 0 Å². The number of nitrogens with one attached hydrogen (secondary N) is 1. The van der Waals surface area contributed by atoms with Crippen LogP contribution in [0.2, 0.25) is 5.02 Å². The Balaban J connectivity index is 1.42. The number of ether oxygens (including phenoxy) is 1. The predicted molar refractivity (Wildman–Crippen MR) is 92.1 cm³/mol. The van der Waals surface area contributed by atoms with Crippen molar-refractivity contribution in [2.45, 2.75) is 18.9 Å². The van der Waals surface area contributed by atoms with E-state index >= 15 is 0 Å². The molecule has 2 saturated heterocycles. The summed E-state index contributed by atoms with van der Waals surface area (Å²) in [6.07, 6.45) is 1.52. The minimum atomic E-state index is -0.259. The van der Waals surface area contributed by atoms with Crippen LogP contribution >= 0.6 is 11.6 Å². The molecular formula is C17H22ClN3O3. The quantitative estimate of drug-likeness (QED) is 0.895. The van der Waals surface area contributed by atoms with E-state index in [4.69, 9.17) is 16.3 Å². The number of hydrogen-bond donors (Lipinski definition) is 1. The molecule has 0 radical (unpaired) electrons. The average Bonchev–Trinajstić information content (AvgIpc) is 3.11. The number of halogens is 1. The van der Waals surface area contributed by atoms with Gasteiger partial charge in [-0.05, 0) is 37.1 Å². The first-order valence-corrected chi connectivity index (χ1v) is 8.68. The molecule has 2 aliphatic heterocycles. The fourth-order valence-corrected chi connectivity index (χ4v) is 3.17. The van der Waals surface area contributed by atoms with E-state index in [9.17, 15) is 9.59 Å². The monoisotopic (exact) mass is 351 g/mol. The van der Waals surface area contributed by atoms with Crippen LogP contribution in [0.1, 0.15) is 12.8 Å². The molecule has 2 amide bonds. The van der Waals surface area contributed by atoms with E-state index in [0.29, 0.717) is 44.4 Å². The van der Waals surface area contributed by atoms with Crippen molar-refractivity contribution in [2.24, 2.45) is 0 Å². The highest BCUT2D eigenvalue weighted by Crippen LogP contribution is 2.16. The largest absolute Gasteiger partial charge is 0.368 e. The Morgan fingerprint density at radius 2 is 1.88 bits per heavy atom. The zero-order valence-electron chi connectivity index (χ0n) is 13.5. The third kappa shape index (κ3) is 4.47. The summed E-state index contributed by atoms with van der Waals surface area (Å²) >= 11 is 5.83. The molecule has 24 heavy (non-hydrogen) atoms. The summed E-state index contributed by atoms with van der Waals surface area (Å²) in [5.74, 6) is 0.0361. The van der Waals surface area contributed by atoms with Crippen LogP contribution in [0.5, 0.6) is 0 Å². The van der Waals surface area contributed by atoms with Crippen LogP contribution in [0.4, 0.5) is 5.69 Å². The molecule has 6 nitrogen and oxygen atoms in total. The van der Waals surface area contributed by atoms with Gasteiger partial charge in [0.15, 0.2) is 0 Å². The number of nitrogens with zero attached hydrogens (tertiary/aromatic N) is 2. The molecule has 2 heterocycles. The van der Waals surface area contributed by atoms with Crippen LogP contribution in [0.3, 0.4) is 0 Å². The lowest BCUT2D eigenvalue weighted by Crippen LogP contribution is -2.52. The zero-order valence-corrected chi connectivity index (χ0v) is 14.3. The van der Waals surface area contributed by atoms with Crippen LogP contribution in [-0.4, -0.2) is 67.0 Å². The van der Waals surface area contributed by atoms with Gasteiger partial charge in [0.1, 0.15) is 6.10 Å². The smallest absolute Gasteiger partial charge is 0.251 e. The van der Waals surface area contributed by atoms with Gasteiger partial charge < -0.3 is 15.0 Å². The van der Waals surface area contributed by atoms with Crippen molar-refractivity contribution in [1.82, 2.24) is 9.80 Å². The fourth-order valence-electron chi connectivity index (χ4n) is 3.04. The highest BCUT2D eigenvalue weighted by molar-refractivity contribution is 6.30. The Morgan fingerprint density at radius 1 is 1.17 bits per heavy atom. The Morgan fingerprint density at radius 3 is 2.50 bits per heavy atom. The van der Waals surface area contributed by atoms with Gasteiger partial charge in [0.05, 0.1) is 6.54 Å². The van der Waals surface area contributed by atoms with E-state index in [0.717, 1.165) is 18.5 Å². The summed E-state index contributed by atoms with van der Waals surface area (Å²) in [6, 6.07) is 7.04. The van der Waals surface area contributed by atoms with E-state index in [1.54, 1.807) is 24.3 Å². The first-order valence-electron chi connectivity index (χ1n) is 8.30. The number of rotatable bonds is 4. The maximum atomic E-state index is 12.3. The summed E-state index contributed by atoms with van der Waals surface area (Å²) in [7, 11) is 0. The van der Waals surface area contributed by atoms with Crippen molar-refractivity contribution in [3.05, 3.63) is 29.3 Å². The number of benzene rings is 1. The third-order valence-corrected chi connectivity index (χ3v) is 4.64. The highest BCUT2D eigenvalue weighted by Gasteiger charge is 2.30. The number of amides is 2. The van der Waals surface area contributed by atoms with Gasteiger partial charge in [-0.2, -0.15) is 0 Å². The number of carbonyl (C=O) groups is 2. The minimum Gasteiger partial charge on any atom is -0.368 e. The Kier molecular flexibility index (Phi) is 5.71. The lowest BCUT2D eigenvalue weighted by atomic mass is 10.2. The number of carbonyl (C=O) groups excluding carboxylic acids is 2. The second-order valence-corrected chi connectivity index (χ2v) is 6.59. The SMILES string of the molecule is O=C(CN1CCN(C(=O)[C@H]2CCCO2)CC1)Nc1ccc(Cl)cc1. The Labute approximate surface area is 146 Å². The Bertz CT molecular complexity index is 579. The average molecular weight is 352 g/mol. The first-order chi connectivity index (χ1) is 11.6. The van der Waals surface area contributed by atoms with E-state index in [1.807, 2.05) is 4.90 Å². The molecular weight excluding hydrogens is 330 g/mol. The molecule has 0 spiro atoms. The zero-order chi connectivity index (χ0) is 16.9. The molecule has 2 fully saturated rings. The van der Waals surface area contributed by atoms with Crippen molar-refractivity contribution in [3.63, 3.8) is 0 Å². The molecule has 0 unspecified atom stereocenters. The molecule has 0 aromatic heterocycles. The summed E-state index contributed by atoms with van der Waals surface area (Å²) < 4.78 is 5.46. The van der Waals surface area contributed by atoms with E-state index in [1.165, 1.54) is 0 Å². The van der Waals surface area contributed by atoms with E-state index in [-0.39, 0.29) is 17.9 Å². The lowest BCUT2D eigenvalue weighted by Gasteiger charge is -2.35. The summed E-state index contributed by atoms with van der Waals surface area (Å²) in [6.45, 7) is 3.70. The Hall–Kier alpha value is -1.63. The minimum absolute atomic E-state index is 0.0591. The van der Waals surface area contributed by atoms with Crippen molar-refractivity contribution < 1.29 is 14.3 Å². The topological polar surface area (TPSA) is 61.9 Å². The van der Waals surface area contributed by atoms with Gasteiger partial charge in [-0.15, -0.1) is 0 Å².